The predicted octanol–water partition coefficient (Wildman–Crippen LogP) is 4.36. The molecule has 0 bridgehead atoms. The fourth-order valence-electron chi connectivity index (χ4n) is 7.62. The lowest BCUT2D eigenvalue weighted by atomic mass is 9.46. The first-order chi connectivity index (χ1) is 13.0. The maximum Gasteiger partial charge on any atom is 0.303 e. The van der Waals surface area contributed by atoms with Gasteiger partial charge in [0.25, 0.3) is 0 Å². The summed E-state index contributed by atoms with van der Waals surface area (Å²) in [4.78, 5) is 36.5. The molecule has 0 aliphatic heterocycles. The van der Waals surface area contributed by atoms with Crippen LogP contribution in [-0.4, -0.2) is 29.3 Å². The molecule has 0 heterocycles. The van der Waals surface area contributed by atoms with Crippen LogP contribution in [0.3, 0.4) is 0 Å². The molecule has 0 aromatic rings. The summed E-state index contributed by atoms with van der Waals surface area (Å²) in [5.74, 6) is 0.158. The van der Waals surface area contributed by atoms with Gasteiger partial charge in [0.05, 0.1) is 0 Å². The van der Waals surface area contributed by atoms with Crippen molar-refractivity contribution >= 4 is 17.5 Å². The first-order valence-electron chi connectivity index (χ1n) is 10.6. The molecule has 4 rings (SSSR count). The third-order valence-electron chi connectivity index (χ3n) is 8.94. The zero-order valence-corrected chi connectivity index (χ0v) is 17.3. The molecule has 0 spiro atoms. The van der Waals surface area contributed by atoms with E-state index in [0.717, 1.165) is 19.3 Å². The zero-order chi connectivity index (χ0) is 20.5. The van der Waals surface area contributed by atoms with E-state index in [1.807, 2.05) is 0 Å². The normalized spacial score (nSPS) is 47.5. The maximum absolute atomic E-state index is 15.3. The van der Waals surface area contributed by atoms with E-state index in [1.54, 1.807) is 6.08 Å². The van der Waals surface area contributed by atoms with E-state index in [0.29, 0.717) is 37.2 Å². The van der Waals surface area contributed by atoms with E-state index in [-0.39, 0.29) is 28.8 Å². The van der Waals surface area contributed by atoms with Crippen LogP contribution in [0.4, 0.5) is 4.39 Å². The lowest BCUT2D eigenvalue weighted by Gasteiger charge is -2.59. The van der Waals surface area contributed by atoms with Crippen molar-refractivity contribution in [2.75, 3.05) is 0 Å². The highest BCUT2D eigenvalue weighted by Gasteiger charge is 2.68. The van der Waals surface area contributed by atoms with Crippen LogP contribution in [0, 0.1) is 28.6 Å². The van der Waals surface area contributed by atoms with Gasteiger partial charge in [-0.15, -0.1) is 0 Å². The number of hydrogen-bond acceptors (Lipinski definition) is 4. The summed E-state index contributed by atoms with van der Waals surface area (Å²) in [5, 5.41) is 0. The average molecular weight is 390 g/mol. The molecule has 28 heavy (non-hydrogen) atoms. The fourth-order valence-corrected chi connectivity index (χ4v) is 7.62. The molecule has 0 aromatic heterocycles. The largest absolute Gasteiger partial charge is 0.451 e. The third kappa shape index (κ3) is 2.43. The summed E-state index contributed by atoms with van der Waals surface area (Å²) in [6.45, 7) is 7.10. The number of carbonyl (C=O) groups excluding carboxylic acids is 3. The number of carbonyl (C=O) groups is 3. The highest BCUT2D eigenvalue weighted by atomic mass is 19.1. The predicted molar refractivity (Wildman–Crippen MR) is 102 cm³/mol. The Morgan fingerprint density at radius 3 is 2.43 bits per heavy atom. The minimum Gasteiger partial charge on any atom is -0.451 e. The Labute approximate surface area is 166 Å². The lowest BCUT2D eigenvalue weighted by molar-refractivity contribution is -0.188. The van der Waals surface area contributed by atoms with Crippen LogP contribution in [0.25, 0.3) is 0 Å². The molecule has 4 aliphatic carbocycles. The van der Waals surface area contributed by atoms with E-state index in [9.17, 15) is 14.4 Å². The van der Waals surface area contributed by atoms with Gasteiger partial charge in [-0.1, -0.05) is 13.8 Å². The molecule has 7 atom stereocenters. The van der Waals surface area contributed by atoms with Crippen molar-refractivity contribution in [3.05, 3.63) is 11.6 Å². The summed E-state index contributed by atoms with van der Waals surface area (Å²) >= 11 is 0. The highest BCUT2D eigenvalue weighted by Crippen LogP contribution is 2.68. The first kappa shape index (κ1) is 19.8. The molecule has 0 N–H and O–H groups in total. The second kappa shape index (κ2) is 6.24. The number of Topliss-reactive ketones (excluding diaryl/α,β-unsaturated/α-hetero) is 1. The number of rotatable bonds is 2. The first-order valence-corrected chi connectivity index (χ1v) is 10.6. The molecule has 0 aromatic carbocycles. The molecule has 4 aliphatic rings. The monoisotopic (exact) mass is 390 g/mol. The summed E-state index contributed by atoms with van der Waals surface area (Å²) < 4.78 is 21.0. The van der Waals surface area contributed by atoms with Crippen LogP contribution in [0.2, 0.25) is 0 Å². The van der Waals surface area contributed by atoms with Crippen LogP contribution in [0.15, 0.2) is 11.6 Å². The highest BCUT2D eigenvalue weighted by molar-refractivity contribution is 5.92. The van der Waals surface area contributed by atoms with E-state index < -0.39 is 23.2 Å². The van der Waals surface area contributed by atoms with Crippen molar-refractivity contribution in [3.8, 4) is 0 Å². The molecular formula is C23H31FO4. The van der Waals surface area contributed by atoms with Crippen molar-refractivity contribution < 1.29 is 23.5 Å². The number of ether oxygens (including phenoxy) is 1. The molecule has 4 nitrogen and oxygen atoms in total. The standard InChI is InChI=1S/C23H31FO4/c1-13(25)23(28-14(2)26)10-7-18-16-12-20(24)19-11-15(27)5-8-21(19,3)17(16)6-9-22(18,23)4/h11,16-18,20H,5-10,12H2,1-4H3/t16-,17+,18+,20-,21-,22+,23+/m1/s1. The lowest BCUT2D eigenvalue weighted by Crippen LogP contribution is -2.59. The number of ketones is 2. The van der Waals surface area contributed by atoms with Crippen molar-refractivity contribution in [2.24, 2.45) is 28.6 Å². The molecular weight excluding hydrogens is 359 g/mol. The molecule has 0 radical (unpaired) electrons. The Morgan fingerprint density at radius 2 is 1.79 bits per heavy atom. The number of hydrogen-bond donors (Lipinski definition) is 0. The van der Waals surface area contributed by atoms with Crippen LogP contribution >= 0.6 is 0 Å². The molecule has 5 heteroatoms. The maximum atomic E-state index is 15.3. The zero-order valence-electron chi connectivity index (χ0n) is 17.3. The molecule has 3 saturated carbocycles. The Hall–Kier alpha value is -1.52. The third-order valence-corrected chi connectivity index (χ3v) is 8.94. The van der Waals surface area contributed by atoms with E-state index >= 15 is 4.39 Å². The van der Waals surface area contributed by atoms with E-state index in [2.05, 4.69) is 13.8 Å². The van der Waals surface area contributed by atoms with Gasteiger partial charge in [0.2, 0.25) is 0 Å². The number of fused-ring (bicyclic) bond motifs is 5. The van der Waals surface area contributed by atoms with Gasteiger partial charge >= 0.3 is 5.97 Å². The van der Waals surface area contributed by atoms with E-state index in [1.165, 1.54) is 13.8 Å². The molecule has 0 unspecified atom stereocenters. The Balaban J connectivity index is 1.73. The number of esters is 1. The fraction of sp³-hybridized carbons (Fsp3) is 0.783. The van der Waals surface area contributed by atoms with Gasteiger partial charge in [0, 0.05) is 18.8 Å². The Bertz CT molecular complexity index is 773. The second-order valence-electron chi connectivity index (χ2n) is 10.0. The Kier molecular flexibility index (Phi) is 4.41. The van der Waals surface area contributed by atoms with Gasteiger partial charge in [-0.2, -0.15) is 0 Å². The van der Waals surface area contributed by atoms with E-state index in [4.69, 9.17) is 4.74 Å². The summed E-state index contributed by atoms with van der Waals surface area (Å²) in [6.07, 6.45) is 5.07. The minimum atomic E-state index is -1.10. The van der Waals surface area contributed by atoms with Crippen molar-refractivity contribution in [3.63, 3.8) is 0 Å². The smallest absolute Gasteiger partial charge is 0.303 e. The van der Waals surface area contributed by atoms with Crippen LogP contribution < -0.4 is 0 Å². The van der Waals surface area contributed by atoms with Gasteiger partial charge in [-0.3, -0.25) is 14.4 Å². The molecule has 3 fully saturated rings. The minimum absolute atomic E-state index is 0.0422. The van der Waals surface area contributed by atoms with Crippen LogP contribution in [-0.2, 0) is 19.1 Å². The van der Waals surface area contributed by atoms with Gasteiger partial charge in [-0.25, -0.2) is 4.39 Å². The molecule has 154 valence electrons. The van der Waals surface area contributed by atoms with Crippen LogP contribution in [0.1, 0.15) is 72.6 Å². The quantitative estimate of drug-likeness (QED) is 0.658. The summed E-state index contributed by atoms with van der Waals surface area (Å²) in [6, 6.07) is 0. The SMILES string of the molecule is CC(=O)O[C@]1(C(C)=O)CC[C@H]2[C@@H]3C[C@@H](F)C4=CC(=O)CC[C@]4(C)[C@H]3CC[C@@]21C. The number of alkyl halides is 1. The molecule has 0 amide bonds. The van der Waals surface area contributed by atoms with Crippen molar-refractivity contribution in [2.45, 2.75) is 84.4 Å². The second-order valence-corrected chi connectivity index (χ2v) is 10.0. The average Bonchev–Trinajstić information content (AvgIpc) is 2.90. The number of halogens is 1. The van der Waals surface area contributed by atoms with Gasteiger partial charge in [0.15, 0.2) is 17.2 Å². The van der Waals surface area contributed by atoms with Crippen molar-refractivity contribution in [1.29, 1.82) is 0 Å². The Morgan fingerprint density at radius 1 is 1.11 bits per heavy atom. The summed E-state index contributed by atoms with van der Waals surface area (Å²) in [7, 11) is 0. The topological polar surface area (TPSA) is 60.4 Å². The van der Waals surface area contributed by atoms with Crippen molar-refractivity contribution in [1.82, 2.24) is 0 Å². The number of allylic oxidation sites excluding steroid dienone is 1. The molecule has 0 saturated heterocycles. The van der Waals surface area contributed by atoms with Gasteiger partial charge < -0.3 is 4.74 Å². The van der Waals surface area contributed by atoms with Gasteiger partial charge in [0.1, 0.15) is 6.17 Å². The van der Waals surface area contributed by atoms with Crippen LogP contribution in [0.5, 0.6) is 0 Å². The summed E-state index contributed by atoms with van der Waals surface area (Å²) in [5.41, 5.74) is -1.11. The van der Waals surface area contributed by atoms with Gasteiger partial charge in [-0.05, 0) is 80.3 Å².